The molecule has 2 rings (SSSR count). The number of nitrogen functional groups attached to an aromatic ring is 1. The van der Waals surface area contributed by atoms with Crippen LogP contribution < -0.4 is 16.6 Å². The molecule has 1 aliphatic rings. The summed E-state index contributed by atoms with van der Waals surface area (Å²) in [5, 5.41) is 3.45. The lowest BCUT2D eigenvalue weighted by molar-refractivity contribution is 0.633. The molecule has 0 amide bonds. The predicted octanol–water partition coefficient (Wildman–Crippen LogP) is 2.02. The summed E-state index contributed by atoms with van der Waals surface area (Å²) < 4.78 is 0.326. The number of hydrogen-bond donors (Lipinski definition) is 3. The van der Waals surface area contributed by atoms with Gasteiger partial charge >= 0.3 is 0 Å². The second-order valence-electron chi connectivity index (χ2n) is 4.80. The van der Waals surface area contributed by atoms with E-state index in [1.54, 1.807) is 6.33 Å². The monoisotopic (exact) mass is 267 g/mol. The van der Waals surface area contributed by atoms with E-state index >= 15 is 0 Å². The van der Waals surface area contributed by atoms with Gasteiger partial charge in [0, 0.05) is 16.9 Å². The van der Waals surface area contributed by atoms with Gasteiger partial charge in [0.05, 0.1) is 0 Å². The second kappa shape index (κ2) is 5.75. The fraction of sp³-hybridized carbons (Fsp3) is 0.667. The average molecular weight is 267 g/mol. The molecular formula is C12H21N5S. The minimum atomic E-state index is 0.326. The predicted molar refractivity (Wildman–Crippen MR) is 77.8 cm³/mol. The van der Waals surface area contributed by atoms with E-state index in [0.717, 1.165) is 24.3 Å². The molecule has 1 aromatic rings. The summed E-state index contributed by atoms with van der Waals surface area (Å²) >= 11 is 2.04. The molecule has 0 bridgehead atoms. The van der Waals surface area contributed by atoms with Crippen molar-refractivity contribution in [2.24, 2.45) is 5.84 Å². The molecule has 0 spiro atoms. The summed E-state index contributed by atoms with van der Waals surface area (Å²) in [5.41, 5.74) is 3.68. The van der Waals surface area contributed by atoms with E-state index in [9.17, 15) is 0 Å². The maximum Gasteiger partial charge on any atom is 0.148 e. The molecule has 1 saturated heterocycles. The van der Waals surface area contributed by atoms with E-state index in [1.165, 1.54) is 18.6 Å². The van der Waals surface area contributed by atoms with Crippen molar-refractivity contribution in [3.05, 3.63) is 11.9 Å². The van der Waals surface area contributed by atoms with Crippen LogP contribution in [0.2, 0.25) is 0 Å². The molecule has 0 radical (unpaired) electrons. The number of rotatable bonds is 5. The maximum atomic E-state index is 5.47. The molecule has 6 heteroatoms. The fourth-order valence-electron chi connectivity index (χ4n) is 2.27. The van der Waals surface area contributed by atoms with Gasteiger partial charge in [-0.25, -0.2) is 15.8 Å². The minimum Gasteiger partial charge on any atom is -0.368 e. The second-order valence-corrected chi connectivity index (χ2v) is 6.49. The zero-order valence-corrected chi connectivity index (χ0v) is 11.8. The third-order valence-electron chi connectivity index (χ3n) is 3.37. The van der Waals surface area contributed by atoms with E-state index in [0.29, 0.717) is 10.6 Å². The van der Waals surface area contributed by atoms with Gasteiger partial charge in [0.1, 0.15) is 18.0 Å². The summed E-state index contributed by atoms with van der Waals surface area (Å²) in [5.74, 6) is 8.33. The van der Waals surface area contributed by atoms with E-state index in [4.69, 9.17) is 5.84 Å². The van der Waals surface area contributed by atoms with Crippen LogP contribution in [0.1, 0.15) is 32.3 Å². The number of hydrazine groups is 1. The van der Waals surface area contributed by atoms with Crippen molar-refractivity contribution < 1.29 is 0 Å². The highest BCUT2D eigenvalue weighted by molar-refractivity contribution is 8.00. The van der Waals surface area contributed by atoms with Crippen LogP contribution in [0, 0.1) is 0 Å². The molecule has 0 saturated carbocycles. The Kier molecular flexibility index (Phi) is 4.29. The molecule has 1 aliphatic heterocycles. The van der Waals surface area contributed by atoms with Gasteiger partial charge in [-0.2, -0.15) is 11.8 Å². The summed E-state index contributed by atoms with van der Waals surface area (Å²) in [6, 6.07) is 0. The Balaban J connectivity index is 2.09. The van der Waals surface area contributed by atoms with Gasteiger partial charge in [-0.1, -0.05) is 6.92 Å². The first-order valence-corrected chi connectivity index (χ1v) is 7.35. The van der Waals surface area contributed by atoms with Gasteiger partial charge in [0.2, 0.25) is 0 Å². The van der Waals surface area contributed by atoms with E-state index in [1.807, 2.05) is 11.8 Å². The zero-order valence-electron chi connectivity index (χ0n) is 11.0. The van der Waals surface area contributed by atoms with Crippen LogP contribution in [0.25, 0.3) is 0 Å². The molecule has 18 heavy (non-hydrogen) atoms. The lowest BCUT2D eigenvalue weighted by Gasteiger charge is -2.24. The highest BCUT2D eigenvalue weighted by Gasteiger charge is 2.29. The molecule has 1 atom stereocenters. The minimum absolute atomic E-state index is 0.326. The molecule has 5 nitrogen and oxygen atoms in total. The van der Waals surface area contributed by atoms with Crippen LogP contribution in [0.15, 0.2) is 6.33 Å². The molecule has 2 heterocycles. The number of thioether (sulfide) groups is 1. The van der Waals surface area contributed by atoms with E-state index in [2.05, 4.69) is 34.6 Å². The lowest BCUT2D eigenvalue weighted by atomic mass is 10.1. The van der Waals surface area contributed by atoms with Crippen molar-refractivity contribution in [3.63, 3.8) is 0 Å². The normalized spacial score (nSPS) is 23.1. The van der Waals surface area contributed by atoms with E-state index < -0.39 is 0 Å². The Bertz CT molecular complexity index is 403. The highest BCUT2D eigenvalue weighted by Crippen LogP contribution is 2.37. The standard InChI is InChI=1S/C12H21N5S/c1-3-9-10(15-8-16-11(9)17-13)14-7-12(2)5-4-6-18-12/h8H,3-7,13H2,1-2H3,(H2,14,15,16,17). The Hall–Kier alpha value is -1.01. The number of hydrogen-bond acceptors (Lipinski definition) is 6. The number of aromatic nitrogens is 2. The van der Waals surface area contributed by atoms with Crippen molar-refractivity contribution in [2.45, 2.75) is 37.9 Å². The average Bonchev–Trinajstić information content (AvgIpc) is 2.83. The summed E-state index contributed by atoms with van der Waals surface area (Å²) in [4.78, 5) is 8.46. The van der Waals surface area contributed by atoms with Crippen molar-refractivity contribution in [1.82, 2.24) is 9.97 Å². The van der Waals surface area contributed by atoms with Crippen LogP contribution in [-0.2, 0) is 6.42 Å². The molecule has 0 aliphatic carbocycles. The van der Waals surface area contributed by atoms with Gasteiger partial charge in [-0.3, -0.25) is 0 Å². The molecule has 0 aromatic carbocycles. The molecule has 1 aromatic heterocycles. The Morgan fingerprint density at radius 2 is 2.22 bits per heavy atom. The van der Waals surface area contributed by atoms with Gasteiger partial charge in [0.15, 0.2) is 0 Å². The molecule has 1 unspecified atom stereocenters. The third kappa shape index (κ3) is 2.87. The molecule has 100 valence electrons. The third-order valence-corrected chi connectivity index (χ3v) is 4.90. The van der Waals surface area contributed by atoms with Crippen molar-refractivity contribution in [3.8, 4) is 0 Å². The first-order chi connectivity index (χ1) is 8.68. The zero-order chi connectivity index (χ0) is 13.0. The molecular weight excluding hydrogens is 246 g/mol. The van der Waals surface area contributed by atoms with Crippen LogP contribution in [-0.4, -0.2) is 27.0 Å². The number of nitrogens with zero attached hydrogens (tertiary/aromatic N) is 2. The van der Waals surface area contributed by atoms with Crippen molar-refractivity contribution in [2.75, 3.05) is 23.0 Å². The van der Waals surface area contributed by atoms with Crippen LogP contribution in [0.3, 0.4) is 0 Å². The first-order valence-electron chi connectivity index (χ1n) is 6.37. The lowest BCUT2D eigenvalue weighted by Crippen LogP contribution is -2.28. The maximum absolute atomic E-state index is 5.47. The van der Waals surface area contributed by atoms with Gasteiger partial charge in [0.25, 0.3) is 0 Å². The Labute approximate surface area is 112 Å². The highest BCUT2D eigenvalue weighted by atomic mass is 32.2. The summed E-state index contributed by atoms with van der Waals surface area (Å²) in [6.07, 6.45) is 4.97. The quantitative estimate of drug-likeness (QED) is 0.560. The largest absolute Gasteiger partial charge is 0.368 e. The number of nitrogens with one attached hydrogen (secondary N) is 2. The Morgan fingerprint density at radius 3 is 2.83 bits per heavy atom. The fourth-order valence-corrected chi connectivity index (χ4v) is 3.52. The van der Waals surface area contributed by atoms with Crippen LogP contribution in [0.5, 0.6) is 0 Å². The van der Waals surface area contributed by atoms with Gasteiger partial charge in [-0.05, 0) is 31.9 Å². The summed E-state index contributed by atoms with van der Waals surface area (Å²) in [6.45, 7) is 5.33. The van der Waals surface area contributed by atoms with Crippen molar-refractivity contribution in [1.29, 1.82) is 0 Å². The molecule has 4 N–H and O–H groups in total. The number of anilines is 2. The smallest absolute Gasteiger partial charge is 0.148 e. The van der Waals surface area contributed by atoms with Gasteiger partial charge in [-0.15, -0.1) is 0 Å². The summed E-state index contributed by atoms with van der Waals surface area (Å²) in [7, 11) is 0. The van der Waals surface area contributed by atoms with Crippen molar-refractivity contribution >= 4 is 23.4 Å². The topological polar surface area (TPSA) is 75.9 Å². The molecule has 1 fully saturated rings. The van der Waals surface area contributed by atoms with Crippen LogP contribution in [0.4, 0.5) is 11.6 Å². The van der Waals surface area contributed by atoms with Gasteiger partial charge < -0.3 is 10.7 Å². The Morgan fingerprint density at radius 1 is 1.44 bits per heavy atom. The van der Waals surface area contributed by atoms with Crippen LogP contribution >= 0.6 is 11.8 Å². The number of nitrogens with two attached hydrogens (primary N) is 1. The van der Waals surface area contributed by atoms with E-state index in [-0.39, 0.29) is 0 Å². The first kappa shape index (κ1) is 13.4. The SMILES string of the molecule is CCc1c(NN)ncnc1NCC1(C)CCCS1.